The molecule has 0 aromatic carbocycles. The van der Waals surface area contributed by atoms with E-state index in [0.717, 1.165) is 11.2 Å². The molecule has 0 aliphatic heterocycles. The molecule has 4 heteroatoms. The van der Waals surface area contributed by atoms with Crippen LogP contribution >= 0.6 is 0 Å². The Balaban J connectivity index is 1.75. The van der Waals surface area contributed by atoms with Crippen molar-refractivity contribution in [3.05, 3.63) is 36.4 Å². The molecule has 3 heterocycles. The van der Waals surface area contributed by atoms with Crippen LogP contribution in [0.4, 0.5) is 0 Å². The standard InChI is InChI=1S/C18H22N4/c1-22-12-15(10-21-22)17-11-20-18-16(17)8-14(9-19-18)13-6-4-2-3-5-7-13/h8-13H,2-7H2,1H3,(H,19,20). The van der Waals surface area contributed by atoms with Crippen LogP contribution in [0.1, 0.15) is 50.0 Å². The van der Waals surface area contributed by atoms with Gasteiger partial charge in [0, 0.05) is 42.2 Å². The van der Waals surface area contributed by atoms with E-state index in [4.69, 9.17) is 0 Å². The SMILES string of the molecule is Cn1cc(-c2c[nH]c3ncc(C4CCCCCC4)cc23)cn1. The molecule has 1 aliphatic carbocycles. The third-order valence-electron chi connectivity index (χ3n) is 4.89. The Hall–Kier alpha value is -2.10. The van der Waals surface area contributed by atoms with E-state index in [-0.39, 0.29) is 0 Å². The summed E-state index contributed by atoms with van der Waals surface area (Å²) in [5.74, 6) is 0.677. The van der Waals surface area contributed by atoms with Crippen molar-refractivity contribution >= 4 is 11.0 Å². The lowest BCUT2D eigenvalue weighted by Crippen LogP contribution is -1.98. The molecule has 1 N–H and O–H groups in total. The number of hydrogen-bond donors (Lipinski definition) is 1. The summed E-state index contributed by atoms with van der Waals surface area (Å²) in [6.07, 6.45) is 16.2. The number of aromatic amines is 1. The molecule has 1 aliphatic rings. The first-order valence-corrected chi connectivity index (χ1v) is 8.27. The molecular formula is C18H22N4. The molecule has 3 aromatic heterocycles. The van der Waals surface area contributed by atoms with Crippen molar-refractivity contribution in [2.45, 2.75) is 44.4 Å². The summed E-state index contributed by atoms with van der Waals surface area (Å²) in [6.45, 7) is 0. The van der Waals surface area contributed by atoms with Gasteiger partial charge in [0.15, 0.2) is 0 Å². The predicted molar refractivity (Wildman–Crippen MR) is 88.7 cm³/mol. The minimum absolute atomic E-state index is 0.677. The molecule has 22 heavy (non-hydrogen) atoms. The lowest BCUT2D eigenvalue weighted by Gasteiger charge is -2.14. The normalized spacial score (nSPS) is 17.0. The van der Waals surface area contributed by atoms with E-state index >= 15 is 0 Å². The fourth-order valence-corrected chi connectivity index (χ4v) is 3.65. The Bertz CT molecular complexity index is 775. The van der Waals surface area contributed by atoms with Gasteiger partial charge in [-0.2, -0.15) is 5.10 Å². The van der Waals surface area contributed by atoms with Gasteiger partial charge in [0.05, 0.1) is 6.20 Å². The number of nitrogens with zero attached hydrogens (tertiary/aromatic N) is 3. The molecule has 4 nitrogen and oxygen atoms in total. The third kappa shape index (κ3) is 2.43. The summed E-state index contributed by atoms with van der Waals surface area (Å²) in [7, 11) is 1.95. The Morgan fingerprint density at radius 3 is 2.68 bits per heavy atom. The minimum Gasteiger partial charge on any atom is -0.346 e. The van der Waals surface area contributed by atoms with Crippen LogP contribution in [-0.4, -0.2) is 19.7 Å². The quantitative estimate of drug-likeness (QED) is 0.712. The molecule has 4 rings (SSSR count). The Morgan fingerprint density at radius 1 is 1.14 bits per heavy atom. The van der Waals surface area contributed by atoms with Crippen molar-refractivity contribution in [1.29, 1.82) is 0 Å². The van der Waals surface area contributed by atoms with Crippen LogP contribution < -0.4 is 0 Å². The second-order valence-electron chi connectivity index (χ2n) is 6.46. The van der Waals surface area contributed by atoms with Gasteiger partial charge in [-0.25, -0.2) is 4.98 Å². The lowest BCUT2D eigenvalue weighted by molar-refractivity contribution is 0.591. The third-order valence-corrected chi connectivity index (χ3v) is 4.89. The molecular weight excluding hydrogens is 272 g/mol. The van der Waals surface area contributed by atoms with Gasteiger partial charge in [0.25, 0.3) is 0 Å². The van der Waals surface area contributed by atoms with Crippen molar-refractivity contribution in [3.63, 3.8) is 0 Å². The number of H-pyrrole nitrogens is 1. The molecule has 1 saturated carbocycles. The number of rotatable bonds is 2. The Kier molecular flexibility index (Phi) is 3.45. The highest BCUT2D eigenvalue weighted by atomic mass is 15.2. The first-order valence-electron chi connectivity index (χ1n) is 8.27. The van der Waals surface area contributed by atoms with Crippen molar-refractivity contribution in [2.75, 3.05) is 0 Å². The second kappa shape index (κ2) is 5.59. The summed E-state index contributed by atoms with van der Waals surface area (Å²) in [6, 6.07) is 2.34. The van der Waals surface area contributed by atoms with Crippen molar-refractivity contribution in [1.82, 2.24) is 19.7 Å². The monoisotopic (exact) mass is 294 g/mol. The number of nitrogens with one attached hydrogen (secondary N) is 1. The van der Waals surface area contributed by atoms with Gasteiger partial charge >= 0.3 is 0 Å². The van der Waals surface area contributed by atoms with E-state index in [1.165, 1.54) is 55.0 Å². The zero-order valence-electron chi connectivity index (χ0n) is 13.0. The fraction of sp³-hybridized carbons (Fsp3) is 0.444. The average molecular weight is 294 g/mol. The molecule has 0 atom stereocenters. The van der Waals surface area contributed by atoms with Crippen LogP contribution in [0.25, 0.3) is 22.2 Å². The molecule has 1 fully saturated rings. The van der Waals surface area contributed by atoms with E-state index in [1.54, 1.807) is 0 Å². The number of hydrogen-bond acceptors (Lipinski definition) is 2. The summed E-state index contributed by atoms with van der Waals surface area (Å²) in [5.41, 5.74) is 4.72. The van der Waals surface area contributed by atoms with Gasteiger partial charge in [0.1, 0.15) is 5.65 Å². The topological polar surface area (TPSA) is 46.5 Å². The summed E-state index contributed by atoms with van der Waals surface area (Å²) in [5, 5.41) is 5.50. The number of aryl methyl sites for hydroxylation is 1. The van der Waals surface area contributed by atoms with Gasteiger partial charge in [-0.3, -0.25) is 4.68 Å². The second-order valence-corrected chi connectivity index (χ2v) is 6.46. The molecule has 0 amide bonds. The van der Waals surface area contributed by atoms with Gasteiger partial charge in [-0.15, -0.1) is 0 Å². The Labute approximate surface area is 130 Å². The van der Waals surface area contributed by atoms with Crippen LogP contribution in [0.2, 0.25) is 0 Å². The number of pyridine rings is 1. The van der Waals surface area contributed by atoms with Crippen LogP contribution in [0.3, 0.4) is 0 Å². The molecule has 0 saturated heterocycles. The Morgan fingerprint density at radius 2 is 1.95 bits per heavy atom. The van der Waals surface area contributed by atoms with Crippen LogP contribution in [-0.2, 0) is 7.05 Å². The maximum Gasteiger partial charge on any atom is 0.137 e. The maximum atomic E-state index is 4.66. The van der Waals surface area contributed by atoms with Crippen molar-refractivity contribution in [3.8, 4) is 11.1 Å². The summed E-state index contributed by atoms with van der Waals surface area (Å²) in [4.78, 5) is 7.95. The first-order chi connectivity index (χ1) is 10.8. The van der Waals surface area contributed by atoms with Crippen molar-refractivity contribution in [2.24, 2.45) is 7.05 Å². The van der Waals surface area contributed by atoms with Gasteiger partial charge < -0.3 is 4.98 Å². The van der Waals surface area contributed by atoms with Crippen LogP contribution in [0, 0.1) is 0 Å². The fourth-order valence-electron chi connectivity index (χ4n) is 3.65. The van der Waals surface area contributed by atoms with E-state index in [2.05, 4.69) is 33.5 Å². The smallest absolute Gasteiger partial charge is 0.137 e. The lowest BCUT2D eigenvalue weighted by atomic mass is 9.92. The van der Waals surface area contributed by atoms with E-state index < -0.39 is 0 Å². The zero-order valence-corrected chi connectivity index (χ0v) is 13.0. The molecule has 0 radical (unpaired) electrons. The minimum atomic E-state index is 0.677. The summed E-state index contributed by atoms with van der Waals surface area (Å²) >= 11 is 0. The average Bonchev–Trinajstić information content (AvgIpc) is 3.03. The summed E-state index contributed by atoms with van der Waals surface area (Å²) < 4.78 is 1.84. The molecule has 114 valence electrons. The van der Waals surface area contributed by atoms with Gasteiger partial charge in [0.2, 0.25) is 0 Å². The number of fused-ring (bicyclic) bond motifs is 1. The van der Waals surface area contributed by atoms with Crippen LogP contribution in [0.5, 0.6) is 0 Å². The first kappa shape index (κ1) is 13.6. The zero-order chi connectivity index (χ0) is 14.9. The van der Waals surface area contributed by atoms with E-state index in [0.29, 0.717) is 5.92 Å². The highest BCUT2D eigenvalue weighted by molar-refractivity contribution is 5.93. The largest absolute Gasteiger partial charge is 0.346 e. The predicted octanol–water partition coefficient (Wildman–Crippen LogP) is 4.40. The van der Waals surface area contributed by atoms with Crippen LogP contribution in [0.15, 0.2) is 30.9 Å². The molecule has 3 aromatic rings. The number of aromatic nitrogens is 4. The van der Waals surface area contributed by atoms with Crippen molar-refractivity contribution < 1.29 is 0 Å². The maximum absolute atomic E-state index is 4.66. The van der Waals surface area contributed by atoms with Gasteiger partial charge in [-0.05, 0) is 30.4 Å². The highest BCUT2D eigenvalue weighted by Gasteiger charge is 2.17. The van der Waals surface area contributed by atoms with E-state index in [9.17, 15) is 0 Å². The molecule has 0 unspecified atom stereocenters. The molecule has 0 spiro atoms. The molecule has 0 bridgehead atoms. The van der Waals surface area contributed by atoms with E-state index in [1.807, 2.05) is 24.1 Å². The highest BCUT2D eigenvalue weighted by Crippen LogP contribution is 2.34. The van der Waals surface area contributed by atoms with Gasteiger partial charge in [-0.1, -0.05) is 25.7 Å².